The molecule has 0 fully saturated rings. The number of carbonyl (C=O) groups is 2. The summed E-state index contributed by atoms with van der Waals surface area (Å²) in [6.45, 7) is 4.07. The molecule has 3 atom stereocenters. The average Bonchev–Trinajstić information content (AvgIpc) is 2.40. The van der Waals surface area contributed by atoms with E-state index in [0.717, 1.165) is 6.42 Å². The van der Waals surface area contributed by atoms with Gasteiger partial charge in [0.1, 0.15) is 12.1 Å². The minimum Gasteiger partial charge on any atom is -0.391 e. The summed E-state index contributed by atoms with van der Waals surface area (Å²) in [6, 6.07) is -1.71. The number of esters is 2. The Morgan fingerprint density at radius 3 is 2.30 bits per heavy atom. The van der Waals surface area contributed by atoms with Crippen molar-refractivity contribution >= 4 is 17.9 Å². The van der Waals surface area contributed by atoms with Crippen LogP contribution in [0.4, 0.5) is 0 Å². The largest absolute Gasteiger partial charge is 0.391 e. The van der Waals surface area contributed by atoms with E-state index in [1.165, 1.54) is 0 Å². The molecule has 8 N–H and O–H groups in total. The van der Waals surface area contributed by atoms with Crippen LogP contribution in [0, 0.1) is 5.92 Å². The van der Waals surface area contributed by atoms with Gasteiger partial charge < -0.3 is 27.7 Å². The van der Waals surface area contributed by atoms with Crippen molar-refractivity contribution in [3.05, 3.63) is 0 Å². The van der Waals surface area contributed by atoms with E-state index in [4.69, 9.17) is 22.9 Å². The summed E-state index contributed by atoms with van der Waals surface area (Å²) in [6.07, 6.45) is 1.55. The van der Waals surface area contributed by atoms with Crippen LogP contribution >= 0.6 is 0 Å². The fourth-order valence-corrected chi connectivity index (χ4v) is 1.37. The van der Waals surface area contributed by atoms with Gasteiger partial charge in [0, 0.05) is 6.54 Å². The maximum atomic E-state index is 11.6. The maximum Gasteiger partial charge on any atom is 0.330 e. The lowest BCUT2D eigenvalue weighted by molar-refractivity contribution is -0.162. The number of nitrogens with two attached hydrogens (primary N) is 4. The number of hydrogen-bond donors (Lipinski definition) is 4. The van der Waals surface area contributed by atoms with Crippen molar-refractivity contribution in [3.8, 4) is 0 Å². The first-order chi connectivity index (χ1) is 9.29. The predicted molar refractivity (Wildman–Crippen MR) is 76.4 cm³/mol. The summed E-state index contributed by atoms with van der Waals surface area (Å²) in [4.78, 5) is 26.9. The Kier molecular flexibility index (Phi) is 8.49. The molecule has 0 saturated carbocycles. The molecule has 0 amide bonds. The summed E-state index contributed by atoms with van der Waals surface area (Å²) in [7, 11) is 0. The molecule has 0 aliphatic carbocycles. The molecular weight excluding hydrogens is 262 g/mol. The van der Waals surface area contributed by atoms with E-state index in [2.05, 4.69) is 9.73 Å². The van der Waals surface area contributed by atoms with Gasteiger partial charge in [-0.3, -0.25) is 4.99 Å². The van der Waals surface area contributed by atoms with Crippen molar-refractivity contribution < 1.29 is 14.3 Å². The summed E-state index contributed by atoms with van der Waals surface area (Å²) in [5.74, 6) is -1.60. The molecular formula is C12H25N5O3. The van der Waals surface area contributed by atoms with Crippen molar-refractivity contribution in [1.29, 1.82) is 0 Å². The Hall–Kier alpha value is -1.67. The Balaban J connectivity index is 4.13. The average molecular weight is 287 g/mol. The molecule has 0 aliphatic heterocycles. The van der Waals surface area contributed by atoms with Crippen molar-refractivity contribution in [2.75, 3.05) is 6.54 Å². The van der Waals surface area contributed by atoms with Gasteiger partial charge in [0.15, 0.2) is 5.96 Å². The lowest BCUT2D eigenvalue weighted by atomic mass is 10.0. The van der Waals surface area contributed by atoms with Gasteiger partial charge in [0.05, 0.1) is 0 Å². The van der Waals surface area contributed by atoms with E-state index >= 15 is 0 Å². The van der Waals surface area contributed by atoms with E-state index in [1.54, 1.807) is 0 Å². The SMILES string of the molecule is CC[C@@H](C)[C@@H](N)C(=O)OC(=O)[C@@H](N)CCCN=C(N)N. The van der Waals surface area contributed by atoms with E-state index < -0.39 is 24.0 Å². The molecule has 0 unspecified atom stereocenters. The van der Waals surface area contributed by atoms with Crippen LogP contribution in [-0.2, 0) is 14.3 Å². The Morgan fingerprint density at radius 2 is 1.80 bits per heavy atom. The fraction of sp³-hybridized carbons (Fsp3) is 0.750. The van der Waals surface area contributed by atoms with Gasteiger partial charge in [-0.25, -0.2) is 9.59 Å². The molecule has 116 valence electrons. The summed E-state index contributed by atoms with van der Waals surface area (Å²) >= 11 is 0. The first-order valence-electron chi connectivity index (χ1n) is 6.61. The number of rotatable bonds is 8. The van der Waals surface area contributed by atoms with Crippen molar-refractivity contribution in [2.45, 2.75) is 45.2 Å². The van der Waals surface area contributed by atoms with Crippen molar-refractivity contribution in [2.24, 2.45) is 33.8 Å². The highest BCUT2D eigenvalue weighted by molar-refractivity contribution is 5.90. The number of hydrogen-bond acceptors (Lipinski definition) is 6. The zero-order chi connectivity index (χ0) is 15.7. The second-order valence-corrected chi connectivity index (χ2v) is 4.71. The highest BCUT2D eigenvalue weighted by Crippen LogP contribution is 2.07. The zero-order valence-electron chi connectivity index (χ0n) is 12.0. The van der Waals surface area contributed by atoms with Crippen LogP contribution < -0.4 is 22.9 Å². The summed E-state index contributed by atoms with van der Waals surface area (Å²) in [5.41, 5.74) is 21.6. The van der Waals surface area contributed by atoms with E-state index in [9.17, 15) is 9.59 Å². The Morgan fingerprint density at radius 1 is 1.20 bits per heavy atom. The third-order valence-corrected chi connectivity index (χ3v) is 3.00. The van der Waals surface area contributed by atoms with Gasteiger partial charge in [-0.2, -0.15) is 0 Å². The number of nitrogens with zero attached hydrogens (tertiary/aromatic N) is 1. The smallest absolute Gasteiger partial charge is 0.330 e. The second-order valence-electron chi connectivity index (χ2n) is 4.71. The number of guanidine groups is 1. The number of carbonyl (C=O) groups excluding carboxylic acids is 2. The van der Waals surface area contributed by atoms with E-state index in [0.29, 0.717) is 19.4 Å². The van der Waals surface area contributed by atoms with E-state index in [1.807, 2.05) is 13.8 Å². The van der Waals surface area contributed by atoms with Crippen LogP contribution in [0.2, 0.25) is 0 Å². The van der Waals surface area contributed by atoms with Crippen LogP contribution in [0.25, 0.3) is 0 Å². The zero-order valence-corrected chi connectivity index (χ0v) is 12.0. The van der Waals surface area contributed by atoms with Crippen LogP contribution in [0.3, 0.4) is 0 Å². The lowest BCUT2D eigenvalue weighted by Crippen LogP contribution is -2.42. The molecule has 0 aromatic heterocycles. The van der Waals surface area contributed by atoms with Crippen LogP contribution in [0.5, 0.6) is 0 Å². The van der Waals surface area contributed by atoms with Gasteiger partial charge in [-0.15, -0.1) is 0 Å². The maximum absolute atomic E-state index is 11.6. The normalized spacial score (nSPS) is 15.0. The molecule has 0 spiro atoms. The molecule has 0 aliphatic rings. The van der Waals surface area contributed by atoms with E-state index in [-0.39, 0.29) is 11.9 Å². The van der Waals surface area contributed by atoms with Gasteiger partial charge >= 0.3 is 11.9 Å². The van der Waals surface area contributed by atoms with Gasteiger partial charge in [0.25, 0.3) is 0 Å². The highest BCUT2D eigenvalue weighted by Gasteiger charge is 2.25. The number of ether oxygens (including phenoxy) is 1. The second kappa shape index (κ2) is 9.27. The number of aliphatic imine (C=N–C) groups is 1. The molecule has 0 bridgehead atoms. The Bertz CT molecular complexity index is 355. The standard InChI is InChI=1S/C12H25N5O3/c1-3-7(2)9(14)11(19)20-10(18)8(13)5-4-6-17-12(15)16/h7-9H,3-6,13-14H2,1-2H3,(H4,15,16,17)/t7-,8+,9-/m1/s1. The third kappa shape index (κ3) is 7.05. The molecule has 20 heavy (non-hydrogen) atoms. The molecule has 0 aromatic rings. The Labute approximate surface area is 118 Å². The molecule has 0 heterocycles. The molecule has 0 saturated heterocycles. The highest BCUT2D eigenvalue weighted by atomic mass is 16.6. The molecule has 0 rings (SSSR count). The molecule has 0 aromatic carbocycles. The molecule has 8 nitrogen and oxygen atoms in total. The van der Waals surface area contributed by atoms with Crippen LogP contribution in [0.15, 0.2) is 4.99 Å². The van der Waals surface area contributed by atoms with Crippen LogP contribution in [0.1, 0.15) is 33.1 Å². The van der Waals surface area contributed by atoms with Gasteiger partial charge in [0.2, 0.25) is 0 Å². The molecule has 0 radical (unpaired) electrons. The lowest BCUT2D eigenvalue weighted by Gasteiger charge is -2.17. The summed E-state index contributed by atoms with van der Waals surface area (Å²) in [5, 5.41) is 0. The quantitative estimate of drug-likeness (QED) is 0.143. The van der Waals surface area contributed by atoms with Gasteiger partial charge in [-0.05, 0) is 18.8 Å². The summed E-state index contributed by atoms with van der Waals surface area (Å²) < 4.78 is 4.66. The minimum atomic E-state index is -0.891. The van der Waals surface area contributed by atoms with Crippen molar-refractivity contribution in [1.82, 2.24) is 0 Å². The first kappa shape index (κ1) is 18.3. The van der Waals surface area contributed by atoms with Crippen molar-refractivity contribution in [3.63, 3.8) is 0 Å². The predicted octanol–water partition coefficient (Wildman–Crippen LogP) is -1.19. The third-order valence-electron chi connectivity index (χ3n) is 3.00. The topological polar surface area (TPSA) is 160 Å². The first-order valence-corrected chi connectivity index (χ1v) is 6.61. The minimum absolute atomic E-state index is 0.0177. The van der Waals surface area contributed by atoms with Gasteiger partial charge in [-0.1, -0.05) is 20.3 Å². The van der Waals surface area contributed by atoms with Crippen LogP contribution in [-0.4, -0.2) is 36.5 Å². The fourth-order valence-electron chi connectivity index (χ4n) is 1.37. The molecule has 8 heteroatoms. The monoisotopic (exact) mass is 287 g/mol.